The summed E-state index contributed by atoms with van der Waals surface area (Å²) in [6.07, 6.45) is 4.81. The van der Waals surface area contributed by atoms with Crippen LogP contribution in [0, 0.1) is 0 Å². The molecular formula is C26H25NSi. The quantitative estimate of drug-likeness (QED) is 0.585. The van der Waals surface area contributed by atoms with Gasteiger partial charge >= 0.3 is 0 Å². The zero-order valence-corrected chi connectivity index (χ0v) is 18.4. The van der Waals surface area contributed by atoms with Gasteiger partial charge in [0.1, 0.15) is 0 Å². The molecule has 2 heteroatoms. The Kier molecular flexibility index (Phi) is 3.99. The van der Waals surface area contributed by atoms with Crippen molar-refractivity contribution in [1.29, 1.82) is 0 Å². The number of hydrogen-bond acceptors (Lipinski definition) is 1. The molecule has 0 saturated carbocycles. The monoisotopic (exact) mass is 379 g/mol. The van der Waals surface area contributed by atoms with Gasteiger partial charge in [-0.3, -0.25) is 4.99 Å². The van der Waals surface area contributed by atoms with Crippen LogP contribution in [-0.4, -0.2) is 15.2 Å². The third-order valence-corrected chi connectivity index (χ3v) is 9.24. The van der Waals surface area contributed by atoms with E-state index in [0.29, 0.717) is 5.54 Å². The number of fused-ring (bicyclic) bond motifs is 2. The van der Waals surface area contributed by atoms with Crippen molar-refractivity contribution in [3.8, 4) is 11.1 Å². The number of nitrogens with zero attached hydrogens (tertiary/aromatic N) is 1. The van der Waals surface area contributed by atoms with Gasteiger partial charge in [-0.1, -0.05) is 65.4 Å². The van der Waals surface area contributed by atoms with Gasteiger partial charge in [0.2, 0.25) is 0 Å². The maximum atomic E-state index is 4.79. The van der Waals surface area contributed by atoms with E-state index in [2.05, 4.69) is 88.4 Å². The van der Waals surface area contributed by atoms with Crippen LogP contribution >= 0.6 is 0 Å². The number of benzene rings is 2. The summed E-state index contributed by atoms with van der Waals surface area (Å²) < 4.78 is 0. The Morgan fingerprint density at radius 3 is 2.36 bits per heavy atom. The topological polar surface area (TPSA) is 12.4 Å². The first-order chi connectivity index (χ1) is 13.5. The maximum absolute atomic E-state index is 4.79. The van der Waals surface area contributed by atoms with Crippen molar-refractivity contribution in [3.05, 3.63) is 98.9 Å². The summed E-state index contributed by atoms with van der Waals surface area (Å²) in [6.45, 7) is 8.95. The first-order valence-electron chi connectivity index (χ1n) is 10.1. The molecule has 0 bridgehead atoms. The van der Waals surface area contributed by atoms with Crippen LogP contribution in [0.3, 0.4) is 0 Å². The standard InChI is InChI=1S/C26H25NSi/c1-15-13-22-20(19-9-6-5-7-10-19)11-8-12-21(22)26(15)28-24-14-23-25(17(24)3)16(2)18(4)27-23/h5-14,26H,28H2,1-4H3. The van der Waals surface area contributed by atoms with Crippen molar-refractivity contribution in [2.24, 2.45) is 4.99 Å². The highest BCUT2D eigenvalue weighted by atomic mass is 28.2. The molecule has 28 heavy (non-hydrogen) atoms. The molecule has 1 nitrogen and oxygen atoms in total. The van der Waals surface area contributed by atoms with Gasteiger partial charge in [-0.15, -0.1) is 0 Å². The van der Waals surface area contributed by atoms with E-state index < -0.39 is 9.52 Å². The molecule has 0 amide bonds. The minimum Gasteiger partial charge on any atom is -0.253 e. The predicted molar refractivity (Wildman–Crippen MR) is 123 cm³/mol. The molecule has 2 aliphatic carbocycles. The molecular weight excluding hydrogens is 354 g/mol. The number of allylic oxidation sites excluding steroid dienone is 5. The molecule has 2 aromatic carbocycles. The zero-order valence-electron chi connectivity index (χ0n) is 17.0. The summed E-state index contributed by atoms with van der Waals surface area (Å²) in [5.41, 5.74) is 14.3. The summed E-state index contributed by atoms with van der Waals surface area (Å²) in [7, 11) is -0.482. The Morgan fingerprint density at radius 2 is 1.61 bits per heavy atom. The second-order valence-corrected chi connectivity index (χ2v) is 10.2. The number of hydrogen-bond donors (Lipinski definition) is 0. The molecule has 0 spiro atoms. The third kappa shape index (κ3) is 2.55. The Balaban J connectivity index is 1.53. The lowest BCUT2D eigenvalue weighted by molar-refractivity contribution is 1.12. The largest absolute Gasteiger partial charge is 0.253 e. The van der Waals surface area contributed by atoms with Crippen molar-refractivity contribution in [2.45, 2.75) is 33.2 Å². The highest BCUT2D eigenvalue weighted by Gasteiger charge is 2.30. The molecule has 1 heterocycles. The Morgan fingerprint density at radius 1 is 0.821 bits per heavy atom. The van der Waals surface area contributed by atoms with E-state index in [1.54, 1.807) is 5.20 Å². The molecule has 0 fully saturated rings. The molecule has 138 valence electrons. The number of aliphatic imine (C=N–C) groups is 1. The van der Waals surface area contributed by atoms with Crippen molar-refractivity contribution >= 4 is 21.3 Å². The molecule has 0 N–H and O–H groups in total. The van der Waals surface area contributed by atoms with E-state index in [0.717, 1.165) is 0 Å². The molecule has 0 saturated heterocycles. The van der Waals surface area contributed by atoms with E-state index in [-0.39, 0.29) is 0 Å². The van der Waals surface area contributed by atoms with Crippen LogP contribution in [0.2, 0.25) is 0 Å². The van der Waals surface area contributed by atoms with Gasteiger partial charge in [0.25, 0.3) is 0 Å². The SMILES string of the molecule is CC1=Cc2c(-c3ccccc3)cccc2C1[SiH2]C1=C(C)C2=C(C)C(C)=NC2=C1. The molecule has 1 unspecified atom stereocenters. The van der Waals surface area contributed by atoms with Crippen LogP contribution in [0.1, 0.15) is 44.4 Å². The van der Waals surface area contributed by atoms with Gasteiger partial charge in [-0.2, -0.15) is 0 Å². The van der Waals surface area contributed by atoms with Crippen molar-refractivity contribution in [1.82, 2.24) is 0 Å². The first kappa shape index (κ1) is 17.4. The lowest BCUT2D eigenvalue weighted by Gasteiger charge is -2.16. The summed E-state index contributed by atoms with van der Waals surface area (Å²) in [4.78, 5) is 4.79. The molecule has 0 radical (unpaired) electrons. The van der Waals surface area contributed by atoms with Gasteiger partial charge in [0.05, 0.1) is 15.2 Å². The predicted octanol–water partition coefficient (Wildman–Crippen LogP) is 5.94. The summed E-state index contributed by atoms with van der Waals surface area (Å²) in [5.74, 6) is 0. The Labute approximate surface area is 169 Å². The molecule has 2 aromatic rings. The van der Waals surface area contributed by atoms with Crippen LogP contribution < -0.4 is 0 Å². The molecule has 1 atom stereocenters. The van der Waals surface area contributed by atoms with E-state index >= 15 is 0 Å². The second-order valence-electron chi connectivity index (χ2n) is 8.20. The highest BCUT2D eigenvalue weighted by molar-refractivity contribution is 6.50. The smallest absolute Gasteiger partial charge is 0.0709 e. The highest BCUT2D eigenvalue weighted by Crippen LogP contribution is 2.44. The fourth-order valence-corrected chi connectivity index (χ4v) is 7.15. The van der Waals surface area contributed by atoms with Gasteiger partial charge in [0.15, 0.2) is 0 Å². The van der Waals surface area contributed by atoms with Crippen LogP contribution in [0.5, 0.6) is 0 Å². The van der Waals surface area contributed by atoms with E-state index in [1.807, 2.05) is 0 Å². The Hall–Kier alpha value is -2.71. The van der Waals surface area contributed by atoms with Gasteiger partial charge in [0, 0.05) is 11.3 Å². The van der Waals surface area contributed by atoms with Gasteiger partial charge in [-0.25, -0.2) is 0 Å². The average molecular weight is 380 g/mol. The fourth-order valence-electron chi connectivity index (χ4n) is 4.90. The van der Waals surface area contributed by atoms with Crippen molar-refractivity contribution in [2.75, 3.05) is 0 Å². The third-order valence-electron chi connectivity index (χ3n) is 6.58. The van der Waals surface area contributed by atoms with Gasteiger partial charge in [-0.05, 0) is 72.7 Å². The van der Waals surface area contributed by atoms with E-state index in [4.69, 9.17) is 4.99 Å². The molecule has 5 rings (SSSR count). The van der Waals surface area contributed by atoms with Crippen LogP contribution in [-0.2, 0) is 0 Å². The molecule has 0 aromatic heterocycles. The second kappa shape index (κ2) is 6.42. The maximum Gasteiger partial charge on any atom is 0.0709 e. The van der Waals surface area contributed by atoms with E-state index in [9.17, 15) is 0 Å². The normalized spacial score (nSPS) is 20.7. The summed E-state index contributed by atoms with van der Waals surface area (Å²) in [5, 5.41) is 1.58. The minimum atomic E-state index is -0.482. The van der Waals surface area contributed by atoms with Crippen molar-refractivity contribution in [3.63, 3.8) is 0 Å². The molecule has 1 aliphatic heterocycles. The van der Waals surface area contributed by atoms with Crippen LogP contribution in [0.4, 0.5) is 0 Å². The van der Waals surface area contributed by atoms with Crippen LogP contribution in [0.25, 0.3) is 17.2 Å². The van der Waals surface area contributed by atoms with E-state index in [1.165, 1.54) is 56.0 Å². The average Bonchev–Trinajstić information content (AvgIpc) is 3.28. The van der Waals surface area contributed by atoms with Crippen LogP contribution in [0.15, 0.2) is 92.8 Å². The zero-order chi connectivity index (χ0) is 19.4. The number of rotatable bonds is 3. The fraction of sp³-hybridized carbons (Fsp3) is 0.192. The first-order valence-corrected chi connectivity index (χ1v) is 11.6. The van der Waals surface area contributed by atoms with Crippen molar-refractivity contribution < 1.29 is 0 Å². The lowest BCUT2D eigenvalue weighted by Crippen LogP contribution is -2.10. The van der Waals surface area contributed by atoms with Gasteiger partial charge < -0.3 is 0 Å². The minimum absolute atomic E-state index is 0.482. The lowest BCUT2D eigenvalue weighted by atomic mass is 9.97. The summed E-state index contributed by atoms with van der Waals surface area (Å²) in [6, 6.07) is 17.6. The summed E-state index contributed by atoms with van der Waals surface area (Å²) >= 11 is 0. The molecule has 3 aliphatic rings. The Bertz CT molecular complexity index is 1160.